The fourth-order valence-electron chi connectivity index (χ4n) is 2.47. The standard InChI is InChI=1S/C21H24ClN3O3/c1-4-9-28-19-8-6-17(22)11-16(19)13-23-25-21(27)12-20(26)24-18-7-5-14(2)10-15(18)3/h5-8,10-11,13H,4,9,12H2,1-3H3,(H,24,26)(H,25,27). The van der Waals surface area contributed by atoms with Crippen LogP contribution < -0.4 is 15.5 Å². The first-order valence-corrected chi connectivity index (χ1v) is 9.38. The van der Waals surface area contributed by atoms with Crippen LogP contribution in [0, 0.1) is 13.8 Å². The van der Waals surface area contributed by atoms with Gasteiger partial charge < -0.3 is 10.1 Å². The number of aryl methyl sites for hydroxylation is 2. The first-order chi connectivity index (χ1) is 13.4. The Bertz CT molecular complexity index is 881. The molecule has 6 nitrogen and oxygen atoms in total. The molecule has 0 aromatic heterocycles. The molecule has 148 valence electrons. The third-order valence-electron chi connectivity index (χ3n) is 3.80. The number of hydrogen-bond donors (Lipinski definition) is 2. The van der Waals surface area contributed by atoms with Crippen molar-refractivity contribution < 1.29 is 14.3 Å². The first-order valence-electron chi connectivity index (χ1n) is 9.00. The molecule has 28 heavy (non-hydrogen) atoms. The van der Waals surface area contributed by atoms with Crippen LogP contribution in [-0.2, 0) is 9.59 Å². The molecule has 0 heterocycles. The summed E-state index contributed by atoms with van der Waals surface area (Å²) in [6.45, 7) is 6.44. The summed E-state index contributed by atoms with van der Waals surface area (Å²) in [6.07, 6.45) is 1.97. The van der Waals surface area contributed by atoms with Crippen molar-refractivity contribution in [3.63, 3.8) is 0 Å². The fraction of sp³-hybridized carbons (Fsp3) is 0.286. The Kier molecular flexibility index (Phi) is 8.02. The van der Waals surface area contributed by atoms with E-state index >= 15 is 0 Å². The van der Waals surface area contributed by atoms with Crippen molar-refractivity contribution in [2.75, 3.05) is 11.9 Å². The molecule has 2 amide bonds. The quantitative estimate of drug-likeness (QED) is 0.394. The smallest absolute Gasteiger partial charge is 0.249 e. The molecule has 0 aliphatic rings. The van der Waals surface area contributed by atoms with Gasteiger partial charge in [-0.05, 0) is 50.1 Å². The topological polar surface area (TPSA) is 79.8 Å². The van der Waals surface area contributed by atoms with Gasteiger partial charge in [-0.25, -0.2) is 5.43 Å². The van der Waals surface area contributed by atoms with E-state index in [0.717, 1.165) is 17.5 Å². The van der Waals surface area contributed by atoms with Crippen molar-refractivity contribution in [1.82, 2.24) is 5.43 Å². The second-order valence-corrected chi connectivity index (χ2v) is 6.80. The molecule has 0 spiro atoms. The van der Waals surface area contributed by atoms with Crippen LogP contribution in [0.25, 0.3) is 0 Å². The van der Waals surface area contributed by atoms with Gasteiger partial charge in [0, 0.05) is 16.3 Å². The molecule has 0 aliphatic carbocycles. The Hall–Kier alpha value is -2.86. The van der Waals surface area contributed by atoms with E-state index < -0.39 is 11.8 Å². The maximum atomic E-state index is 12.0. The van der Waals surface area contributed by atoms with E-state index in [1.54, 1.807) is 18.2 Å². The molecule has 2 N–H and O–H groups in total. The zero-order valence-electron chi connectivity index (χ0n) is 16.2. The molecule has 0 saturated carbocycles. The molecular formula is C21H24ClN3O3. The summed E-state index contributed by atoms with van der Waals surface area (Å²) in [4.78, 5) is 24.0. The van der Waals surface area contributed by atoms with Gasteiger partial charge in [0.15, 0.2) is 0 Å². The zero-order valence-corrected chi connectivity index (χ0v) is 17.0. The average Bonchev–Trinajstić information content (AvgIpc) is 2.63. The summed E-state index contributed by atoms with van der Waals surface area (Å²) in [5, 5.41) is 7.16. The number of hydrazone groups is 1. The normalized spacial score (nSPS) is 10.7. The number of rotatable bonds is 8. The van der Waals surface area contributed by atoms with Gasteiger partial charge in [0.1, 0.15) is 12.2 Å². The third kappa shape index (κ3) is 6.70. The first kappa shape index (κ1) is 21.4. The highest BCUT2D eigenvalue weighted by Crippen LogP contribution is 2.21. The third-order valence-corrected chi connectivity index (χ3v) is 4.04. The maximum absolute atomic E-state index is 12.0. The lowest BCUT2D eigenvalue weighted by molar-refractivity contribution is -0.126. The zero-order chi connectivity index (χ0) is 20.5. The van der Waals surface area contributed by atoms with E-state index in [0.29, 0.717) is 28.6 Å². The Morgan fingerprint density at radius 1 is 1.14 bits per heavy atom. The summed E-state index contributed by atoms with van der Waals surface area (Å²) in [5.41, 5.74) is 5.71. The van der Waals surface area contributed by atoms with Crippen molar-refractivity contribution in [2.45, 2.75) is 33.6 Å². The van der Waals surface area contributed by atoms with Gasteiger partial charge in [0.05, 0.1) is 12.8 Å². The Morgan fingerprint density at radius 3 is 2.64 bits per heavy atom. The summed E-state index contributed by atoms with van der Waals surface area (Å²) < 4.78 is 5.62. The van der Waals surface area contributed by atoms with Crippen LogP contribution >= 0.6 is 11.6 Å². The molecule has 0 fully saturated rings. The van der Waals surface area contributed by atoms with Gasteiger partial charge in [-0.3, -0.25) is 9.59 Å². The van der Waals surface area contributed by atoms with Crippen LogP contribution in [0.4, 0.5) is 5.69 Å². The lowest BCUT2D eigenvalue weighted by Crippen LogP contribution is -2.24. The van der Waals surface area contributed by atoms with E-state index in [1.807, 2.05) is 39.0 Å². The lowest BCUT2D eigenvalue weighted by Gasteiger charge is -2.09. The molecule has 2 aromatic carbocycles. The van der Waals surface area contributed by atoms with Crippen molar-refractivity contribution in [2.24, 2.45) is 5.10 Å². The number of nitrogens with one attached hydrogen (secondary N) is 2. The molecular weight excluding hydrogens is 378 g/mol. The number of halogens is 1. The maximum Gasteiger partial charge on any atom is 0.249 e. The Balaban J connectivity index is 1.91. The van der Waals surface area contributed by atoms with E-state index in [-0.39, 0.29) is 6.42 Å². The lowest BCUT2D eigenvalue weighted by atomic mass is 10.1. The predicted molar refractivity (Wildman–Crippen MR) is 112 cm³/mol. The molecule has 0 bridgehead atoms. The molecule has 0 radical (unpaired) electrons. The van der Waals surface area contributed by atoms with Crippen LogP contribution in [0.3, 0.4) is 0 Å². The van der Waals surface area contributed by atoms with Gasteiger partial charge in [-0.1, -0.05) is 36.2 Å². The molecule has 2 rings (SSSR count). The van der Waals surface area contributed by atoms with E-state index in [2.05, 4.69) is 15.8 Å². The van der Waals surface area contributed by atoms with Crippen LogP contribution in [0.1, 0.15) is 36.5 Å². The van der Waals surface area contributed by atoms with Crippen LogP contribution in [0.2, 0.25) is 5.02 Å². The summed E-state index contributed by atoms with van der Waals surface area (Å²) >= 11 is 6.00. The largest absolute Gasteiger partial charge is 0.493 e. The van der Waals surface area contributed by atoms with Crippen LogP contribution in [-0.4, -0.2) is 24.6 Å². The molecule has 0 saturated heterocycles. The second kappa shape index (κ2) is 10.5. The van der Waals surface area contributed by atoms with Crippen molar-refractivity contribution in [3.8, 4) is 5.75 Å². The minimum absolute atomic E-state index is 0.334. The van der Waals surface area contributed by atoms with Gasteiger partial charge in [0.2, 0.25) is 11.8 Å². The SMILES string of the molecule is CCCOc1ccc(Cl)cc1C=NNC(=O)CC(=O)Nc1ccc(C)cc1C. The molecule has 0 atom stereocenters. The summed E-state index contributed by atoms with van der Waals surface area (Å²) in [6, 6.07) is 10.8. The minimum Gasteiger partial charge on any atom is -0.493 e. The monoisotopic (exact) mass is 401 g/mol. The number of carbonyl (C=O) groups is 2. The number of ether oxygens (including phenoxy) is 1. The van der Waals surface area contributed by atoms with Crippen LogP contribution in [0.15, 0.2) is 41.5 Å². The van der Waals surface area contributed by atoms with Gasteiger partial charge in [0.25, 0.3) is 0 Å². The fourth-order valence-corrected chi connectivity index (χ4v) is 2.65. The summed E-state index contributed by atoms with van der Waals surface area (Å²) in [7, 11) is 0. The molecule has 2 aromatic rings. The minimum atomic E-state index is -0.517. The number of nitrogens with zero attached hydrogens (tertiary/aromatic N) is 1. The van der Waals surface area contributed by atoms with Gasteiger partial charge >= 0.3 is 0 Å². The predicted octanol–water partition coefficient (Wildman–Crippen LogP) is 4.22. The molecule has 7 heteroatoms. The van der Waals surface area contributed by atoms with Gasteiger partial charge in [-0.2, -0.15) is 5.10 Å². The number of amides is 2. The van der Waals surface area contributed by atoms with Crippen LogP contribution in [0.5, 0.6) is 5.75 Å². The van der Waals surface area contributed by atoms with Gasteiger partial charge in [-0.15, -0.1) is 0 Å². The highest BCUT2D eigenvalue weighted by molar-refractivity contribution is 6.30. The molecule has 0 aliphatic heterocycles. The number of benzene rings is 2. The number of carbonyl (C=O) groups excluding carboxylic acids is 2. The number of anilines is 1. The van der Waals surface area contributed by atoms with E-state index in [1.165, 1.54) is 6.21 Å². The summed E-state index contributed by atoms with van der Waals surface area (Å²) in [5.74, 6) is -0.303. The molecule has 0 unspecified atom stereocenters. The van der Waals surface area contributed by atoms with Crippen molar-refractivity contribution >= 4 is 35.3 Å². The van der Waals surface area contributed by atoms with Crippen molar-refractivity contribution in [1.29, 1.82) is 0 Å². The Labute approximate surface area is 169 Å². The number of hydrogen-bond acceptors (Lipinski definition) is 4. The van der Waals surface area contributed by atoms with E-state index in [9.17, 15) is 9.59 Å². The van der Waals surface area contributed by atoms with E-state index in [4.69, 9.17) is 16.3 Å². The highest BCUT2D eigenvalue weighted by atomic mass is 35.5. The average molecular weight is 402 g/mol. The highest BCUT2D eigenvalue weighted by Gasteiger charge is 2.10. The van der Waals surface area contributed by atoms with Crippen molar-refractivity contribution in [3.05, 3.63) is 58.1 Å². The second-order valence-electron chi connectivity index (χ2n) is 6.37. The Morgan fingerprint density at radius 2 is 1.93 bits per heavy atom.